The normalized spacial score (nSPS) is 28.2. The van der Waals surface area contributed by atoms with Crippen LogP contribution in [0, 0.1) is 30.6 Å². The van der Waals surface area contributed by atoms with Gasteiger partial charge in [0.1, 0.15) is 5.75 Å². The number of nitrogens with one attached hydrogen (secondary N) is 1. The molecule has 1 aromatic heterocycles. The lowest BCUT2D eigenvalue weighted by Gasteiger charge is -2.50. The molecule has 2 saturated heterocycles. The standard InChI is InChI=1S/C38H33N3O5S/c1-22-9-13-25(14-10-22)39-41-35(44)31-20-30-28(17-18-29-32(30)36(45)40(34(29)43)21-27-8-5-19-47-27)33(23-11-15-26(42)16-12-23)38(31,37(41)46)24-6-3-2-4-7-24/h2-17,19,29-33,39,42H,18,20-21H2,1H3. The molecule has 2 aliphatic heterocycles. The summed E-state index contributed by atoms with van der Waals surface area (Å²) in [7, 11) is 0. The number of hydrogen-bond acceptors (Lipinski definition) is 7. The molecule has 3 aromatic carbocycles. The first-order valence-corrected chi connectivity index (χ1v) is 16.8. The van der Waals surface area contributed by atoms with Crippen LogP contribution in [0.5, 0.6) is 5.75 Å². The quantitative estimate of drug-likeness (QED) is 0.199. The van der Waals surface area contributed by atoms with E-state index in [-0.39, 0.29) is 42.3 Å². The summed E-state index contributed by atoms with van der Waals surface area (Å²) in [5, 5.41) is 13.3. The molecule has 9 heteroatoms. The maximum atomic E-state index is 15.1. The molecule has 4 aliphatic rings. The van der Waals surface area contributed by atoms with E-state index in [9.17, 15) is 19.5 Å². The summed E-state index contributed by atoms with van der Waals surface area (Å²) in [6.45, 7) is 2.20. The summed E-state index contributed by atoms with van der Waals surface area (Å²) in [5.74, 6) is -4.05. The third-order valence-electron chi connectivity index (χ3n) is 10.6. The van der Waals surface area contributed by atoms with Crippen molar-refractivity contribution in [1.29, 1.82) is 0 Å². The van der Waals surface area contributed by atoms with Crippen LogP contribution in [-0.4, -0.2) is 38.6 Å². The molecule has 8 nitrogen and oxygen atoms in total. The Labute approximate surface area is 276 Å². The van der Waals surface area contributed by atoms with E-state index >= 15 is 4.79 Å². The van der Waals surface area contributed by atoms with E-state index in [1.807, 2.05) is 79.0 Å². The Hall–Kier alpha value is -5.02. The average molecular weight is 644 g/mol. The molecular formula is C38H33N3O5S. The van der Waals surface area contributed by atoms with Gasteiger partial charge in [0.15, 0.2) is 0 Å². The summed E-state index contributed by atoms with van der Waals surface area (Å²) in [5.41, 5.74) is 5.82. The molecule has 2 aliphatic carbocycles. The Morgan fingerprint density at radius 3 is 2.30 bits per heavy atom. The molecule has 47 heavy (non-hydrogen) atoms. The highest BCUT2D eigenvalue weighted by molar-refractivity contribution is 7.09. The number of rotatable bonds is 6. The fourth-order valence-corrected chi connectivity index (χ4v) is 9.26. The molecule has 1 saturated carbocycles. The van der Waals surface area contributed by atoms with E-state index in [2.05, 4.69) is 11.5 Å². The third kappa shape index (κ3) is 4.40. The van der Waals surface area contributed by atoms with Crippen molar-refractivity contribution in [3.63, 3.8) is 0 Å². The van der Waals surface area contributed by atoms with Crippen molar-refractivity contribution in [2.24, 2.45) is 23.7 Å². The lowest BCUT2D eigenvalue weighted by molar-refractivity contribution is -0.141. The van der Waals surface area contributed by atoms with Crippen molar-refractivity contribution in [2.45, 2.75) is 37.6 Å². The number of aryl methyl sites for hydroxylation is 1. The number of benzene rings is 3. The number of hydrogen-bond donors (Lipinski definition) is 2. The van der Waals surface area contributed by atoms with Gasteiger partial charge >= 0.3 is 0 Å². The number of likely N-dealkylation sites (tertiary alicyclic amines) is 1. The Kier molecular flexibility index (Phi) is 6.91. The van der Waals surface area contributed by atoms with E-state index in [0.717, 1.165) is 26.6 Å². The molecule has 0 spiro atoms. The zero-order valence-corrected chi connectivity index (χ0v) is 26.5. The molecule has 6 atom stereocenters. The van der Waals surface area contributed by atoms with Crippen LogP contribution in [0.4, 0.5) is 5.69 Å². The number of amides is 4. The highest BCUT2D eigenvalue weighted by Gasteiger charge is 2.70. The second-order valence-corrected chi connectivity index (χ2v) is 14.1. The van der Waals surface area contributed by atoms with Gasteiger partial charge in [-0.15, -0.1) is 11.3 Å². The molecule has 3 fully saturated rings. The topological polar surface area (TPSA) is 107 Å². The Balaban J connectivity index is 1.29. The zero-order chi connectivity index (χ0) is 32.4. The molecular weight excluding hydrogens is 611 g/mol. The Morgan fingerprint density at radius 1 is 0.851 bits per heavy atom. The summed E-state index contributed by atoms with van der Waals surface area (Å²) in [6.07, 6.45) is 2.68. The van der Waals surface area contributed by atoms with Gasteiger partial charge in [-0.05, 0) is 72.5 Å². The van der Waals surface area contributed by atoms with E-state index in [1.54, 1.807) is 24.3 Å². The van der Waals surface area contributed by atoms with Crippen LogP contribution in [0.25, 0.3) is 0 Å². The fraction of sp³-hybridized carbons (Fsp3) is 0.263. The minimum atomic E-state index is -1.33. The minimum Gasteiger partial charge on any atom is -0.508 e. The second kappa shape index (κ2) is 11.1. The number of thiophene rings is 1. The van der Waals surface area contributed by atoms with E-state index < -0.39 is 35.0 Å². The highest BCUT2D eigenvalue weighted by Crippen LogP contribution is 2.64. The van der Waals surface area contributed by atoms with Crippen molar-refractivity contribution in [1.82, 2.24) is 9.91 Å². The number of phenolic OH excluding ortho intramolecular Hbond substituents is 1. The molecule has 4 amide bonds. The molecule has 6 unspecified atom stereocenters. The van der Waals surface area contributed by atoms with Gasteiger partial charge < -0.3 is 5.11 Å². The van der Waals surface area contributed by atoms with Gasteiger partial charge in [-0.3, -0.25) is 29.5 Å². The second-order valence-electron chi connectivity index (χ2n) is 13.0. The largest absolute Gasteiger partial charge is 0.508 e. The van der Waals surface area contributed by atoms with Gasteiger partial charge in [0.05, 0.1) is 35.4 Å². The summed E-state index contributed by atoms with van der Waals surface area (Å²) in [6, 6.07) is 27.6. The fourth-order valence-electron chi connectivity index (χ4n) is 8.57. The monoisotopic (exact) mass is 643 g/mol. The number of aromatic hydroxyl groups is 1. The number of allylic oxidation sites excluding steroid dienone is 2. The number of anilines is 1. The lowest BCUT2D eigenvalue weighted by atomic mass is 9.49. The first-order valence-electron chi connectivity index (χ1n) is 15.9. The number of carbonyl (C=O) groups excluding carboxylic acids is 4. The van der Waals surface area contributed by atoms with Crippen molar-refractivity contribution in [3.05, 3.63) is 130 Å². The number of hydrazine groups is 1. The summed E-state index contributed by atoms with van der Waals surface area (Å²) < 4.78 is 0. The van der Waals surface area contributed by atoms with Crippen LogP contribution in [-0.2, 0) is 31.1 Å². The van der Waals surface area contributed by atoms with Gasteiger partial charge in [0, 0.05) is 10.8 Å². The molecule has 2 N–H and O–H groups in total. The SMILES string of the molecule is Cc1ccc(NN2C(=O)C3CC4C(=CCC5C(=O)N(Cc6cccs6)C(=O)C54)C(c4ccc(O)cc4)C3(c3ccccc3)C2=O)cc1. The molecule has 236 valence electrons. The Bertz CT molecular complexity index is 1920. The van der Waals surface area contributed by atoms with E-state index in [1.165, 1.54) is 16.2 Å². The summed E-state index contributed by atoms with van der Waals surface area (Å²) in [4.78, 5) is 60.0. The zero-order valence-electron chi connectivity index (χ0n) is 25.7. The first-order chi connectivity index (χ1) is 22.8. The highest BCUT2D eigenvalue weighted by atomic mass is 32.1. The van der Waals surface area contributed by atoms with Gasteiger partial charge in [0.2, 0.25) is 11.8 Å². The third-order valence-corrected chi connectivity index (χ3v) is 11.5. The van der Waals surface area contributed by atoms with Gasteiger partial charge in [-0.25, -0.2) is 0 Å². The molecule has 4 aromatic rings. The minimum absolute atomic E-state index is 0.0846. The van der Waals surface area contributed by atoms with Crippen molar-refractivity contribution in [2.75, 3.05) is 5.43 Å². The van der Waals surface area contributed by atoms with E-state index in [4.69, 9.17) is 0 Å². The maximum Gasteiger partial charge on any atom is 0.260 e. The van der Waals surface area contributed by atoms with Gasteiger partial charge in [-0.2, -0.15) is 5.01 Å². The smallest absolute Gasteiger partial charge is 0.260 e. The predicted molar refractivity (Wildman–Crippen MR) is 177 cm³/mol. The molecule has 0 bridgehead atoms. The Morgan fingerprint density at radius 2 is 1.60 bits per heavy atom. The van der Waals surface area contributed by atoms with Gasteiger partial charge in [-0.1, -0.05) is 77.9 Å². The van der Waals surface area contributed by atoms with Crippen LogP contribution >= 0.6 is 11.3 Å². The molecule has 0 radical (unpaired) electrons. The van der Waals surface area contributed by atoms with Crippen molar-refractivity contribution in [3.8, 4) is 5.75 Å². The lowest BCUT2D eigenvalue weighted by Crippen LogP contribution is -2.53. The van der Waals surface area contributed by atoms with E-state index in [0.29, 0.717) is 17.7 Å². The average Bonchev–Trinajstić information content (AvgIpc) is 3.75. The van der Waals surface area contributed by atoms with Crippen LogP contribution in [0.2, 0.25) is 0 Å². The summed E-state index contributed by atoms with van der Waals surface area (Å²) >= 11 is 1.51. The molecule has 8 rings (SSSR count). The number of carbonyl (C=O) groups is 4. The predicted octanol–water partition coefficient (Wildman–Crippen LogP) is 5.95. The van der Waals surface area contributed by atoms with Crippen LogP contribution in [0.3, 0.4) is 0 Å². The van der Waals surface area contributed by atoms with Crippen LogP contribution in [0.1, 0.15) is 40.3 Å². The number of nitrogens with zero attached hydrogens (tertiary/aromatic N) is 2. The van der Waals surface area contributed by atoms with Crippen LogP contribution in [0.15, 0.2) is 108 Å². The van der Waals surface area contributed by atoms with Crippen LogP contribution < -0.4 is 5.43 Å². The van der Waals surface area contributed by atoms with Gasteiger partial charge in [0.25, 0.3) is 11.8 Å². The van der Waals surface area contributed by atoms with Crippen molar-refractivity contribution >= 4 is 40.7 Å². The number of phenols is 1. The first kappa shape index (κ1) is 29.4. The number of fused-ring (bicyclic) bond motifs is 4. The molecule has 3 heterocycles. The number of imide groups is 2. The van der Waals surface area contributed by atoms with Crippen molar-refractivity contribution < 1.29 is 24.3 Å². The maximum absolute atomic E-state index is 15.1.